The van der Waals surface area contributed by atoms with Gasteiger partial charge in [-0.1, -0.05) is 12.0 Å². The molecular formula is C10H15N5O. The fourth-order valence-corrected chi connectivity index (χ4v) is 2.02. The molecule has 16 heavy (non-hydrogen) atoms. The molecule has 0 radical (unpaired) electrons. The van der Waals surface area contributed by atoms with Crippen molar-refractivity contribution >= 4 is 5.91 Å². The lowest BCUT2D eigenvalue weighted by Crippen LogP contribution is -2.36. The highest BCUT2D eigenvalue weighted by Gasteiger charge is 2.32. The van der Waals surface area contributed by atoms with Gasteiger partial charge in [0.1, 0.15) is 0 Å². The predicted molar refractivity (Wildman–Crippen MR) is 58.1 cm³/mol. The van der Waals surface area contributed by atoms with Gasteiger partial charge in [0.15, 0.2) is 0 Å². The summed E-state index contributed by atoms with van der Waals surface area (Å²) in [5.41, 5.74) is 8.21. The van der Waals surface area contributed by atoms with E-state index in [9.17, 15) is 4.79 Å². The summed E-state index contributed by atoms with van der Waals surface area (Å²) < 4.78 is 0. The molecule has 0 N–H and O–H groups in total. The van der Waals surface area contributed by atoms with Gasteiger partial charge in [0.2, 0.25) is 5.91 Å². The molecule has 0 bridgehead atoms. The van der Waals surface area contributed by atoms with Gasteiger partial charge < -0.3 is 4.90 Å². The van der Waals surface area contributed by atoms with Gasteiger partial charge >= 0.3 is 0 Å². The summed E-state index contributed by atoms with van der Waals surface area (Å²) in [5.74, 6) is 0.177. The van der Waals surface area contributed by atoms with E-state index in [-0.39, 0.29) is 17.9 Å². The van der Waals surface area contributed by atoms with E-state index in [0.717, 1.165) is 6.42 Å². The van der Waals surface area contributed by atoms with Crippen molar-refractivity contribution in [2.75, 3.05) is 13.1 Å². The number of carbonyl (C=O) groups is 1. The summed E-state index contributed by atoms with van der Waals surface area (Å²) in [4.78, 5) is 16.1. The Labute approximate surface area is 94.5 Å². The fraction of sp³-hybridized carbons (Fsp3) is 0.800. The van der Waals surface area contributed by atoms with Crippen LogP contribution in [0.5, 0.6) is 0 Å². The molecule has 86 valence electrons. The Morgan fingerprint density at radius 1 is 1.81 bits per heavy atom. The molecule has 0 spiro atoms. The first kappa shape index (κ1) is 12.3. The highest BCUT2D eigenvalue weighted by atomic mass is 16.2. The number of nitrogens with zero attached hydrogens (tertiary/aromatic N) is 5. The summed E-state index contributed by atoms with van der Waals surface area (Å²) >= 11 is 0. The zero-order valence-corrected chi connectivity index (χ0v) is 9.33. The maximum atomic E-state index is 11.7. The van der Waals surface area contributed by atoms with E-state index in [1.54, 1.807) is 4.90 Å². The van der Waals surface area contributed by atoms with Crippen molar-refractivity contribution in [3.63, 3.8) is 0 Å². The van der Waals surface area contributed by atoms with Gasteiger partial charge in [0, 0.05) is 30.5 Å². The minimum atomic E-state index is 0.00793. The maximum Gasteiger partial charge on any atom is 0.223 e. The second kappa shape index (κ2) is 5.99. The second-order valence-electron chi connectivity index (χ2n) is 3.95. The van der Waals surface area contributed by atoms with E-state index in [4.69, 9.17) is 10.8 Å². The van der Waals surface area contributed by atoms with Gasteiger partial charge in [0.25, 0.3) is 0 Å². The van der Waals surface area contributed by atoms with Gasteiger partial charge in [-0.2, -0.15) is 5.26 Å². The molecule has 6 heteroatoms. The number of carbonyl (C=O) groups excluding carboxylic acids is 1. The van der Waals surface area contributed by atoms with E-state index in [1.165, 1.54) is 0 Å². The molecule has 0 saturated carbocycles. The quantitative estimate of drug-likeness (QED) is 0.402. The average molecular weight is 221 g/mol. The molecule has 1 aliphatic rings. The van der Waals surface area contributed by atoms with E-state index in [2.05, 4.69) is 16.1 Å². The van der Waals surface area contributed by atoms with Crippen LogP contribution >= 0.6 is 0 Å². The van der Waals surface area contributed by atoms with Crippen LogP contribution in [0.1, 0.15) is 26.2 Å². The van der Waals surface area contributed by atoms with Gasteiger partial charge in [0.05, 0.1) is 12.5 Å². The first-order chi connectivity index (χ1) is 7.72. The number of hydrogen-bond acceptors (Lipinski definition) is 3. The van der Waals surface area contributed by atoms with Crippen molar-refractivity contribution < 1.29 is 4.79 Å². The monoisotopic (exact) mass is 221 g/mol. The van der Waals surface area contributed by atoms with Crippen molar-refractivity contribution in [3.8, 4) is 6.07 Å². The Morgan fingerprint density at radius 3 is 3.12 bits per heavy atom. The van der Waals surface area contributed by atoms with Crippen LogP contribution in [-0.4, -0.2) is 29.9 Å². The minimum absolute atomic E-state index is 0.00793. The van der Waals surface area contributed by atoms with Crippen molar-refractivity contribution in [2.45, 2.75) is 32.2 Å². The van der Waals surface area contributed by atoms with E-state index >= 15 is 0 Å². The normalized spacial score (nSPS) is 21.4. The zero-order chi connectivity index (χ0) is 12.0. The summed E-state index contributed by atoms with van der Waals surface area (Å²) in [5, 5.41) is 12.2. The van der Waals surface area contributed by atoms with Crippen LogP contribution in [0.4, 0.5) is 0 Å². The van der Waals surface area contributed by atoms with Crippen LogP contribution in [0.15, 0.2) is 5.11 Å². The Kier molecular flexibility index (Phi) is 4.62. The molecule has 2 atom stereocenters. The number of rotatable bonds is 5. The first-order valence-corrected chi connectivity index (χ1v) is 5.40. The maximum absolute atomic E-state index is 11.7. The van der Waals surface area contributed by atoms with Gasteiger partial charge in [-0.15, -0.1) is 0 Å². The van der Waals surface area contributed by atoms with Gasteiger partial charge in [-0.05, 0) is 17.9 Å². The predicted octanol–water partition coefficient (Wildman–Crippen LogP) is 1.84. The summed E-state index contributed by atoms with van der Waals surface area (Å²) in [6.07, 6.45) is 1.59. The molecule has 1 fully saturated rings. The fourth-order valence-electron chi connectivity index (χ4n) is 2.02. The lowest BCUT2D eigenvalue weighted by atomic mass is 10.1. The SMILES string of the molecule is CCC(CC#N)N1CC(CN=[N+]=[N-])CC1=O. The van der Waals surface area contributed by atoms with Crippen LogP contribution in [-0.2, 0) is 4.79 Å². The first-order valence-electron chi connectivity index (χ1n) is 5.40. The Morgan fingerprint density at radius 2 is 2.56 bits per heavy atom. The standard InChI is InChI=1S/C10H15N5O/c1-2-9(3-4-11)15-7-8(5-10(15)16)6-13-14-12/h8-9H,2-3,5-7H2,1H3. The van der Waals surface area contributed by atoms with Gasteiger partial charge in [-0.3, -0.25) is 4.79 Å². The molecular weight excluding hydrogens is 206 g/mol. The Hall–Kier alpha value is -1.73. The summed E-state index contributed by atoms with van der Waals surface area (Å²) in [7, 11) is 0. The topological polar surface area (TPSA) is 92.9 Å². The molecule has 1 saturated heterocycles. The number of likely N-dealkylation sites (tertiary alicyclic amines) is 1. The van der Waals surface area contributed by atoms with Crippen molar-refractivity contribution in [1.82, 2.24) is 4.90 Å². The molecule has 1 heterocycles. The van der Waals surface area contributed by atoms with E-state index in [1.807, 2.05) is 6.92 Å². The van der Waals surface area contributed by atoms with Gasteiger partial charge in [-0.25, -0.2) is 0 Å². The second-order valence-corrected chi connectivity index (χ2v) is 3.95. The smallest absolute Gasteiger partial charge is 0.223 e. The number of hydrogen-bond donors (Lipinski definition) is 0. The summed E-state index contributed by atoms with van der Waals surface area (Å²) in [6.45, 7) is 2.94. The van der Waals surface area contributed by atoms with Crippen LogP contribution in [0.3, 0.4) is 0 Å². The molecule has 0 aromatic rings. The Bertz CT molecular complexity index is 342. The highest BCUT2D eigenvalue weighted by molar-refractivity contribution is 5.79. The number of nitriles is 1. The van der Waals surface area contributed by atoms with E-state index in [0.29, 0.717) is 25.9 Å². The lowest BCUT2D eigenvalue weighted by Gasteiger charge is -2.25. The third-order valence-corrected chi connectivity index (χ3v) is 2.88. The number of amides is 1. The van der Waals surface area contributed by atoms with Crippen LogP contribution in [0, 0.1) is 17.2 Å². The van der Waals surface area contributed by atoms with Crippen molar-refractivity contribution in [3.05, 3.63) is 10.4 Å². The Balaban J connectivity index is 2.59. The molecule has 6 nitrogen and oxygen atoms in total. The number of azide groups is 1. The molecule has 0 aliphatic carbocycles. The molecule has 2 unspecified atom stereocenters. The van der Waals surface area contributed by atoms with E-state index < -0.39 is 0 Å². The van der Waals surface area contributed by atoms with Crippen LogP contribution in [0.2, 0.25) is 0 Å². The van der Waals surface area contributed by atoms with Crippen LogP contribution in [0.25, 0.3) is 10.4 Å². The molecule has 0 aromatic heterocycles. The largest absolute Gasteiger partial charge is 0.338 e. The molecule has 1 aliphatic heterocycles. The molecule has 0 aromatic carbocycles. The van der Waals surface area contributed by atoms with Crippen molar-refractivity contribution in [1.29, 1.82) is 5.26 Å². The third-order valence-electron chi connectivity index (χ3n) is 2.88. The summed E-state index contributed by atoms with van der Waals surface area (Å²) in [6, 6.07) is 2.11. The zero-order valence-electron chi connectivity index (χ0n) is 9.33. The molecule has 1 amide bonds. The highest BCUT2D eigenvalue weighted by Crippen LogP contribution is 2.23. The van der Waals surface area contributed by atoms with Crippen LogP contribution < -0.4 is 0 Å². The third kappa shape index (κ3) is 2.88. The minimum Gasteiger partial charge on any atom is -0.338 e. The lowest BCUT2D eigenvalue weighted by molar-refractivity contribution is -0.129. The average Bonchev–Trinajstić information content (AvgIpc) is 2.64. The molecule has 1 rings (SSSR count). The van der Waals surface area contributed by atoms with Crippen molar-refractivity contribution in [2.24, 2.45) is 11.0 Å².